The van der Waals surface area contributed by atoms with Crippen LogP contribution in [-0.2, 0) is 4.74 Å². The lowest BCUT2D eigenvalue weighted by Gasteiger charge is -2.33. The van der Waals surface area contributed by atoms with Gasteiger partial charge in [-0.1, -0.05) is 12.1 Å². The van der Waals surface area contributed by atoms with Crippen LogP contribution in [0.4, 0.5) is 5.69 Å². The highest BCUT2D eigenvalue weighted by atomic mass is 32.2. The molecule has 0 spiro atoms. The first-order valence-corrected chi connectivity index (χ1v) is 7.46. The first-order chi connectivity index (χ1) is 8.19. The number of hydrogen-bond donors (Lipinski definition) is 1. The van der Waals surface area contributed by atoms with E-state index >= 15 is 0 Å². The van der Waals surface area contributed by atoms with Crippen molar-refractivity contribution in [3.05, 3.63) is 24.3 Å². The van der Waals surface area contributed by atoms with Crippen molar-refractivity contribution < 1.29 is 4.74 Å². The second-order valence-corrected chi connectivity index (χ2v) is 5.62. The van der Waals surface area contributed by atoms with E-state index in [2.05, 4.69) is 49.7 Å². The van der Waals surface area contributed by atoms with Gasteiger partial charge < -0.3 is 10.1 Å². The summed E-state index contributed by atoms with van der Waals surface area (Å²) in [6.45, 7) is 4.32. The van der Waals surface area contributed by atoms with Crippen molar-refractivity contribution in [1.82, 2.24) is 0 Å². The third kappa shape index (κ3) is 3.39. The number of hydrogen-bond acceptors (Lipinski definition) is 3. The Balaban J connectivity index is 2.04. The van der Waals surface area contributed by atoms with Crippen molar-refractivity contribution in [2.75, 3.05) is 11.6 Å². The van der Waals surface area contributed by atoms with E-state index in [1.807, 2.05) is 0 Å². The number of thioether (sulfide) groups is 1. The molecule has 0 bridgehead atoms. The lowest BCUT2D eigenvalue weighted by Crippen LogP contribution is -2.36. The van der Waals surface area contributed by atoms with E-state index in [0.717, 1.165) is 12.8 Å². The number of benzene rings is 1. The maximum absolute atomic E-state index is 5.77. The third-order valence-corrected chi connectivity index (χ3v) is 3.96. The molecule has 17 heavy (non-hydrogen) atoms. The minimum Gasteiger partial charge on any atom is -0.381 e. The van der Waals surface area contributed by atoms with E-state index in [9.17, 15) is 0 Å². The Hall–Kier alpha value is -0.670. The lowest BCUT2D eigenvalue weighted by atomic mass is 9.99. The summed E-state index contributed by atoms with van der Waals surface area (Å²) in [5.74, 6) is 0. The standard InChI is InChI=1S/C14H21NOS/c1-10-8-12(9-11(2)16-10)15-13-6-4-5-7-14(13)17-3/h4-7,10-12,15H,8-9H2,1-3H3. The Morgan fingerprint density at radius 3 is 2.47 bits per heavy atom. The van der Waals surface area contributed by atoms with Crippen LogP contribution in [-0.4, -0.2) is 24.5 Å². The molecule has 1 saturated heterocycles. The van der Waals surface area contributed by atoms with Crippen molar-refractivity contribution in [3.8, 4) is 0 Å². The number of ether oxygens (including phenoxy) is 1. The van der Waals surface area contributed by atoms with Gasteiger partial charge in [0.2, 0.25) is 0 Å². The average Bonchev–Trinajstić information content (AvgIpc) is 2.28. The molecule has 1 heterocycles. The fourth-order valence-electron chi connectivity index (χ4n) is 2.51. The Bertz CT molecular complexity index is 359. The molecule has 0 aliphatic carbocycles. The van der Waals surface area contributed by atoms with Crippen molar-refractivity contribution in [3.63, 3.8) is 0 Å². The van der Waals surface area contributed by atoms with Gasteiger partial charge in [0.15, 0.2) is 0 Å². The molecule has 1 N–H and O–H groups in total. The number of rotatable bonds is 3. The van der Waals surface area contributed by atoms with E-state index in [4.69, 9.17) is 4.74 Å². The molecule has 1 aliphatic rings. The molecule has 94 valence electrons. The van der Waals surface area contributed by atoms with Crippen LogP contribution in [0.5, 0.6) is 0 Å². The Kier molecular flexibility index (Phi) is 4.35. The molecule has 1 aromatic rings. The molecule has 1 aliphatic heterocycles. The quantitative estimate of drug-likeness (QED) is 0.826. The van der Waals surface area contributed by atoms with Gasteiger partial charge in [0.05, 0.1) is 12.2 Å². The monoisotopic (exact) mass is 251 g/mol. The molecule has 2 atom stereocenters. The van der Waals surface area contributed by atoms with Crippen LogP contribution < -0.4 is 5.32 Å². The van der Waals surface area contributed by atoms with Crippen molar-refractivity contribution in [1.29, 1.82) is 0 Å². The van der Waals surface area contributed by atoms with Crippen LogP contribution in [0.15, 0.2) is 29.2 Å². The van der Waals surface area contributed by atoms with E-state index in [-0.39, 0.29) is 0 Å². The predicted octanol–water partition coefficient (Wildman–Crippen LogP) is 3.78. The maximum atomic E-state index is 5.77. The molecule has 0 saturated carbocycles. The van der Waals surface area contributed by atoms with E-state index in [1.165, 1.54) is 10.6 Å². The van der Waals surface area contributed by atoms with Crippen LogP contribution in [0.3, 0.4) is 0 Å². The summed E-state index contributed by atoms with van der Waals surface area (Å²) in [4.78, 5) is 1.32. The van der Waals surface area contributed by atoms with Crippen LogP contribution in [0.25, 0.3) is 0 Å². The van der Waals surface area contributed by atoms with Crippen LogP contribution in [0.2, 0.25) is 0 Å². The fraction of sp³-hybridized carbons (Fsp3) is 0.571. The summed E-state index contributed by atoms with van der Waals surface area (Å²) in [5, 5.41) is 3.66. The minimum atomic E-state index is 0.359. The molecule has 1 aromatic carbocycles. The van der Waals surface area contributed by atoms with Gasteiger partial charge in [-0.2, -0.15) is 0 Å². The molecule has 2 rings (SSSR count). The first kappa shape index (κ1) is 12.8. The zero-order valence-electron chi connectivity index (χ0n) is 10.8. The van der Waals surface area contributed by atoms with Crippen molar-refractivity contribution in [2.24, 2.45) is 0 Å². The largest absolute Gasteiger partial charge is 0.381 e. The van der Waals surface area contributed by atoms with Gasteiger partial charge >= 0.3 is 0 Å². The van der Waals surface area contributed by atoms with Crippen LogP contribution >= 0.6 is 11.8 Å². The normalized spacial score (nSPS) is 29.0. The van der Waals surface area contributed by atoms with Crippen molar-refractivity contribution >= 4 is 17.4 Å². The van der Waals surface area contributed by atoms with Gasteiger partial charge in [-0.05, 0) is 45.1 Å². The molecule has 2 unspecified atom stereocenters. The molecule has 2 nitrogen and oxygen atoms in total. The Labute approximate surface area is 108 Å². The van der Waals surface area contributed by atoms with Gasteiger partial charge in [-0.25, -0.2) is 0 Å². The molecule has 0 radical (unpaired) electrons. The van der Waals surface area contributed by atoms with E-state index in [1.54, 1.807) is 11.8 Å². The first-order valence-electron chi connectivity index (χ1n) is 6.24. The summed E-state index contributed by atoms with van der Waals surface area (Å²) >= 11 is 1.79. The molecular formula is C14H21NOS. The summed E-state index contributed by atoms with van der Waals surface area (Å²) in [5.41, 5.74) is 1.26. The molecular weight excluding hydrogens is 230 g/mol. The number of para-hydroxylation sites is 1. The highest BCUT2D eigenvalue weighted by Crippen LogP contribution is 2.28. The second kappa shape index (κ2) is 5.78. The fourth-order valence-corrected chi connectivity index (χ4v) is 3.07. The zero-order valence-corrected chi connectivity index (χ0v) is 11.6. The summed E-state index contributed by atoms with van der Waals surface area (Å²) in [6.07, 6.45) is 5.02. The van der Waals surface area contributed by atoms with Crippen LogP contribution in [0.1, 0.15) is 26.7 Å². The third-order valence-electron chi connectivity index (χ3n) is 3.16. The predicted molar refractivity (Wildman–Crippen MR) is 74.9 cm³/mol. The highest BCUT2D eigenvalue weighted by molar-refractivity contribution is 7.98. The smallest absolute Gasteiger partial charge is 0.0570 e. The molecule has 0 aromatic heterocycles. The Morgan fingerprint density at radius 1 is 1.18 bits per heavy atom. The average molecular weight is 251 g/mol. The van der Waals surface area contributed by atoms with Gasteiger partial charge in [0.25, 0.3) is 0 Å². The van der Waals surface area contributed by atoms with Crippen molar-refractivity contribution in [2.45, 2.75) is 49.8 Å². The Morgan fingerprint density at radius 2 is 1.82 bits per heavy atom. The summed E-state index contributed by atoms with van der Waals surface area (Å²) in [7, 11) is 0. The SMILES string of the molecule is CSc1ccccc1NC1CC(C)OC(C)C1. The summed E-state index contributed by atoms with van der Waals surface area (Å²) < 4.78 is 5.77. The minimum absolute atomic E-state index is 0.359. The second-order valence-electron chi connectivity index (χ2n) is 4.77. The van der Waals surface area contributed by atoms with E-state index < -0.39 is 0 Å². The maximum Gasteiger partial charge on any atom is 0.0570 e. The zero-order chi connectivity index (χ0) is 12.3. The topological polar surface area (TPSA) is 21.3 Å². The highest BCUT2D eigenvalue weighted by Gasteiger charge is 2.24. The van der Waals surface area contributed by atoms with Gasteiger partial charge in [-0.15, -0.1) is 11.8 Å². The van der Waals surface area contributed by atoms with Crippen LogP contribution in [0, 0.1) is 0 Å². The van der Waals surface area contributed by atoms with Gasteiger partial charge in [0.1, 0.15) is 0 Å². The molecule has 0 amide bonds. The molecule has 1 fully saturated rings. The van der Waals surface area contributed by atoms with E-state index in [0.29, 0.717) is 18.2 Å². The number of anilines is 1. The molecule has 3 heteroatoms. The summed E-state index contributed by atoms with van der Waals surface area (Å²) in [6, 6.07) is 9.04. The van der Waals surface area contributed by atoms with Gasteiger partial charge in [0, 0.05) is 16.6 Å². The van der Waals surface area contributed by atoms with Gasteiger partial charge in [-0.3, -0.25) is 0 Å². The lowest BCUT2D eigenvalue weighted by molar-refractivity contribution is -0.0338. The number of nitrogens with one attached hydrogen (secondary N) is 1.